The Labute approximate surface area is 150 Å². The maximum Gasteiger partial charge on any atom is 0.231 e. The van der Waals surface area contributed by atoms with E-state index in [1.54, 1.807) is 19.9 Å². The minimum absolute atomic E-state index is 0.107. The fraction of sp³-hybridized carbons (Fsp3) is 0.444. The highest BCUT2D eigenvalue weighted by molar-refractivity contribution is 6.35. The first kappa shape index (κ1) is 17.6. The van der Waals surface area contributed by atoms with Crippen LogP contribution in [0.15, 0.2) is 17.9 Å². The average Bonchev–Trinajstić information content (AvgIpc) is 2.89. The SMILES string of the molecule is CCOC1=CC(=O)C[C@@H](C)[C@]12Oc1c(Cl)c(OC)cc(OC)c1C2=O. The molecule has 1 aromatic carbocycles. The summed E-state index contributed by atoms with van der Waals surface area (Å²) in [6.45, 7) is 3.86. The topological polar surface area (TPSA) is 71.1 Å². The van der Waals surface area contributed by atoms with Crippen LogP contribution in [0.1, 0.15) is 30.6 Å². The smallest absolute Gasteiger partial charge is 0.231 e. The summed E-state index contributed by atoms with van der Waals surface area (Å²) in [7, 11) is 2.92. The fourth-order valence-corrected chi connectivity index (χ4v) is 3.66. The van der Waals surface area contributed by atoms with Crippen LogP contribution in [0.3, 0.4) is 0 Å². The van der Waals surface area contributed by atoms with Gasteiger partial charge in [-0.1, -0.05) is 18.5 Å². The summed E-state index contributed by atoms with van der Waals surface area (Å²) in [6.07, 6.45) is 1.51. The van der Waals surface area contributed by atoms with Crippen LogP contribution in [-0.2, 0) is 9.53 Å². The molecule has 0 aromatic heterocycles. The summed E-state index contributed by atoms with van der Waals surface area (Å²) in [5.74, 6) is 0.180. The number of carbonyl (C=O) groups is 2. The number of halogens is 1. The Hall–Kier alpha value is -2.21. The van der Waals surface area contributed by atoms with Gasteiger partial charge in [0.25, 0.3) is 0 Å². The van der Waals surface area contributed by atoms with Crippen LogP contribution in [0, 0.1) is 5.92 Å². The molecule has 1 spiro atoms. The number of methoxy groups -OCH3 is 2. The van der Waals surface area contributed by atoms with Crippen molar-refractivity contribution in [2.75, 3.05) is 20.8 Å². The van der Waals surface area contributed by atoms with Gasteiger partial charge >= 0.3 is 0 Å². The predicted octanol–water partition coefficient (Wildman–Crippen LogP) is 3.20. The van der Waals surface area contributed by atoms with E-state index < -0.39 is 11.5 Å². The second-order valence-corrected chi connectivity index (χ2v) is 6.36. The highest BCUT2D eigenvalue weighted by Gasteiger charge is 2.60. The predicted molar refractivity (Wildman–Crippen MR) is 90.7 cm³/mol. The number of allylic oxidation sites excluding steroid dienone is 1. The van der Waals surface area contributed by atoms with Gasteiger partial charge in [0, 0.05) is 24.5 Å². The van der Waals surface area contributed by atoms with Crippen LogP contribution in [0.25, 0.3) is 0 Å². The summed E-state index contributed by atoms with van der Waals surface area (Å²) < 4.78 is 22.3. The maximum atomic E-state index is 13.4. The maximum absolute atomic E-state index is 13.4. The van der Waals surface area contributed by atoms with Gasteiger partial charge in [0.1, 0.15) is 22.1 Å². The molecule has 6 nitrogen and oxygen atoms in total. The van der Waals surface area contributed by atoms with Crippen LogP contribution >= 0.6 is 11.6 Å². The Morgan fingerprint density at radius 2 is 1.96 bits per heavy atom. The van der Waals surface area contributed by atoms with Gasteiger partial charge < -0.3 is 18.9 Å². The lowest BCUT2D eigenvalue weighted by molar-refractivity contribution is -0.118. The Morgan fingerprint density at radius 3 is 2.56 bits per heavy atom. The Morgan fingerprint density at radius 1 is 1.28 bits per heavy atom. The Kier molecular flexibility index (Phi) is 4.41. The molecule has 0 unspecified atom stereocenters. The lowest BCUT2D eigenvalue weighted by atomic mass is 9.75. The number of hydrogen-bond donors (Lipinski definition) is 0. The number of ether oxygens (including phenoxy) is 4. The molecule has 1 aliphatic carbocycles. The average molecular weight is 367 g/mol. The molecule has 1 heterocycles. The summed E-state index contributed by atoms with van der Waals surface area (Å²) in [5, 5.41) is 0.184. The van der Waals surface area contributed by atoms with E-state index in [2.05, 4.69) is 0 Å². The lowest BCUT2D eigenvalue weighted by Crippen LogP contribution is -2.51. The molecule has 1 aliphatic heterocycles. The van der Waals surface area contributed by atoms with E-state index in [1.807, 2.05) is 0 Å². The van der Waals surface area contributed by atoms with Crippen molar-refractivity contribution in [3.8, 4) is 17.2 Å². The zero-order valence-electron chi connectivity index (χ0n) is 14.5. The van der Waals surface area contributed by atoms with E-state index >= 15 is 0 Å². The number of rotatable bonds is 4. The molecular weight excluding hydrogens is 348 g/mol. The summed E-state index contributed by atoms with van der Waals surface area (Å²) in [6, 6.07) is 1.55. The van der Waals surface area contributed by atoms with Crippen molar-refractivity contribution in [3.05, 3.63) is 28.5 Å². The van der Waals surface area contributed by atoms with Crippen LogP contribution in [0.4, 0.5) is 0 Å². The summed E-state index contributed by atoms with van der Waals surface area (Å²) >= 11 is 6.37. The standard InChI is InChI=1S/C18H19ClO6/c1-5-24-13-7-10(20)6-9(2)18(13)17(21)14-11(22-3)8-12(23-4)15(19)16(14)25-18/h7-9H,5-6H2,1-4H3/t9-,18+/m1/s1. The number of Topliss-reactive ketones (excluding diaryl/α,β-unsaturated/α-hetero) is 1. The van der Waals surface area contributed by atoms with Crippen LogP contribution in [0.5, 0.6) is 17.2 Å². The first-order valence-electron chi connectivity index (χ1n) is 7.96. The van der Waals surface area contributed by atoms with Gasteiger partial charge in [0.05, 0.1) is 20.8 Å². The first-order valence-corrected chi connectivity index (χ1v) is 8.34. The molecule has 3 rings (SSSR count). The van der Waals surface area contributed by atoms with Gasteiger partial charge in [-0.25, -0.2) is 0 Å². The number of fused-ring (bicyclic) bond motifs is 1. The van der Waals surface area contributed by atoms with Gasteiger partial charge in [-0.15, -0.1) is 0 Å². The van der Waals surface area contributed by atoms with Crippen molar-refractivity contribution in [3.63, 3.8) is 0 Å². The first-order chi connectivity index (χ1) is 11.9. The van der Waals surface area contributed by atoms with Crippen LogP contribution < -0.4 is 14.2 Å². The molecular formula is C18H19ClO6. The fourth-order valence-electron chi connectivity index (χ4n) is 3.39. The molecule has 2 aliphatic rings. The summed E-state index contributed by atoms with van der Waals surface area (Å²) in [5.41, 5.74) is -1.18. The molecule has 0 saturated heterocycles. The van der Waals surface area contributed by atoms with Crippen molar-refractivity contribution in [2.45, 2.75) is 25.9 Å². The molecule has 0 radical (unpaired) electrons. The van der Waals surface area contributed by atoms with Crippen molar-refractivity contribution >= 4 is 23.2 Å². The van der Waals surface area contributed by atoms with Gasteiger partial charge in [0.2, 0.25) is 11.4 Å². The summed E-state index contributed by atoms with van der Waals surface area (Å²) in [4.78, 5) is 25.3. The van der Waals surface area contributed by atoms with E-state index in [0.29, 0.717) is 18.1 Å². The molecule has 0 amide bonds. The van der Waals surface area contributed by atoms with Crippen LogP contribution in [-0.4, -0.2) is 38.0 Å². The molecule has 0 saturated carbocycles. The molecule has 134 valence electrons. The van der Waals surface area contributed by atoms with Gasteiger partial charge in [-0.05, 0) is 6.92 Å². The second kappa shape index (κ2) is 6.26. The lowest BCUT2D eigenvalue weighted by Gasteiger charge is -2.36. The van der Waals surface area contributed by atoms with Gasteiger partial charge in [-0.3, -0.25) is 9.59 Å². The molecule has 25 heavy (non-hydrogen) atoms. The monoisotopic (exact) mass is 366 g/mol. The van der Waals surface area contributed by atoms with Crippen molar-refractivity contribution in [2.24, 2.45) is 5.92 Å². The molecule has 0 fully saturated rings. The number of carbonyl (C=O) groups excluding carboxylic acids is 2. The van der Waals surface area contributed by atoms with Gasteiger partial charge in [-0.2, -0.15) is 0 Å². The van der Waals surface area contributed by atoms with Crippen molar-refractivity contribution in [1.82, 2.24) is 0 Å². The van der Waals surface area contributed by atoms with E-state index in [1.165, 1.54) is 20.3 Å². The highest BCUT2D eigenvalue weighted by Crippen LogP contribution is 2.54. The molecule has 2 atom stereocenters. The second-order valence-electron chi connectivity index (χ2n) is 5.98. The minimum Gasteiger partial charge on any atom is -0.496 e. The highest BCUT2D eigenvalue weighted by atomic mass is 35.5. The quantitative estimate of drug-likeness (QED) is 0.815. The zero-order valence-corrected chi connectivity index (χ0v) is 15.2. The number of benzene rings is 1. The third kappa shape index (κ3) is 2.39. The Balaban J connectivity index is 2.24. The zero-order chi connectivity index (χ0) is 18.4. The molecule has 7 heteroatoms. The molecule has 0 bridgehead atoms. The molecule has 1 aromatic rings. The van der Waals surface area contributed by atoms with E-state index in [9.17, 15) is 9.59 Å². The van der Waals surface area contributed by atoms with Crippen LogP contribution in [0.2, 0.25) is 5.02 Å². The number of hydrogen-bond acceptors (Lipinski definition) is 6. The van der Waals surface area contributed by atoms with E-state index in [0.717, 1.165) is 0 Å². The third-order valence-electron chi connectivity index (χ3n) is 4.58. The van der Waals surface area contributed by atoms with Crippen molar-refractivity contribution in [1.29, 1.82) is 0 Å². The Bertz CT molecular complexity index is 784. The molecule has 0 N–H and O–H groups in total. The van der Waals surface area contributed by atoms with Gasteiger partial charge in [0.15, 0.2) is 17.3 Å². The normalized spacial score (nSPS) is 24.7. The minimum atomic E-state index is -1.42. The van der Waals surface area contributed by atoms with E-state index in [-0.39, 0.29) is 40.1 Å². The third-order valence-corrected chi connectivity index (χ3v) is 4.94. The van der Waals surface area contributed by atoms with Crippen molar-refractivity contribution < 1.29 is 28.5 Å². The van der Waals surface area contributed by atoms with E-state index in [4.69, 9.17) is 30.5 Å². The number of ketones is 2. The largest absolute Gasteiger partial charge is 0.496 e.